The number of likely N-dealkylation sites (N-methyl/N-ethyl adjacent to an activating group) is 1. The van der Waals surface area contributed by atoms with Crippen LogP contribution in [0.1, 0.15) is 18.4 Å². The zero-order chi connectivity index (χ0) is 14.4. The molecule has 0 unspecified atom stereocenters. The Balaban J connectivity index is 1.94. The summed E-state index contributed by atoms with van der Waals surface area (Å²) in [4.78, 5) is 4.60. The molecule has 112 valence electrons. The zero-order valence-corrected chi connectivity index (χ0v) is 13.0. The number of benzene rings is 1. The quantitative estimate of drug-likeness (QED) is 0.771. The molecule has 1 aromatic carbocycles. The monoisotopic (exact) mass is 277 g/mol. The summed E-state index contributed by atoms with van der Waals surface area (Å²) < 4.78 is 5.57. The van der Waals surface area contributed by atoms with Gasteiger partial charge in [-0.1, -0.05) is 6.07 Å². The Morgan fingerprint density at radius 3 is 2.65 bits per heavy atom. The number of hydrogen-bond acceptors (Lipinski definition) is 4. The second kappa shape index (κ2) is 7.50. The van der Waals surface area contributed by atoms with Crippen molar-refractivity contribution in [2.24, 2.45) is 0 Å². The van der Waals surface area contributed by atoms with E-state index in [9.17, 15) is 0 Å². The minimum absolute atomic E-state index is 0.893. The van der Waals surface area contributed by atoms with Gasteiger partial charge in [0.15, 0.2) is 0 Å². The lowest BCUT2D eigenvalue weighted by Gasteiger charge is -2.21. The van der Waals surface area contributed by atoms with Crippen LogP contribution in [0.2, 0.25) is 0 Å². The molecule has 0 spiro atoms. The Bertz CT molecular complexity index is 414. The molecule has 4 heteroatoms. The third-order valence-electron chi connectivity index (χ3n) is 3.76. The molecule has 0 bridgehead atoms. The Morgan fingerprint density at radius 2 is 2.00 bits per heavy atom. The number of ether oxygens (including phenoxy) is 1. The fraction of sp³-hybridized carbons (Fsp3) is 0.625. The maximum absolute atomic E-state index is 5.57. The highest BCUT2D eigenvalue weighted by Crippen LogP contribution is 2.31. The summed E-state index contributed by atoms with van der Waals surface area (Å²) >= 11 is 0. The van der Waals surface area contributed by atoms with Gasteiger partial charge in [0, 0.05) is 32.7 Å². The smallest absolute Gasteiger partial charge is 0.142 e. The van der Waals surface area contributed by atoms with Gasteiger partial charge in [0.1, 0.15) is 5.75 Å². The molecule has 0 aromatic heterocycles. The van der Waals surface area contributed by atoms with Gasteiger partial charge < -0.3 is 19.9 Å². The Labute approximate surface area is 122 Å². The molecule has 1 aromatic rings. The van der Waals surface area contributed by atoms with Gasteiger partial charge in [-0.05, 0) is 44.6 Å². The maximum Gasteiger partial charge on any atom is 0.142 e. The van der Waals surface area contributed by atoms with Crippen LogP contribution in [0.3, 0.4) is 0 Å². The summed E-state index contributed by atoms with van der Waals surface area (Å²) in [6, 6.07) is 6.57. The lowest BCUT2D eigenvalue weighted by atomic mass is 10.1. The molecule has 20 heavy (non-hydrogen) atoms. The predicted molar refractivity (Wildman–Crippen MR) is 84.7 cm³/mol. The molecule has 0 aliphatic carbocycles. The van der Waals surface area contributed by atoms with Crippen molar-refractivity contribution in [2.45, 2.75) is 19.4 Å². The molecule has 1 aliphatic heterocycles. The van der Waals surface area contributed by atoms with Gasteiger partial charge in [-0.15, -0.1) is 0 Å². The van der Waals surface area contributed by atoms with Crippen molar-refractivity contribution in [3.05, 3.63) is 23.8 Å². The van der Waals surface area contributed by atoms with E-state index < -0.39 is 0 Å². The van der Waals surface area contributed by atoms with Gasteiger partial charge in [-0.2, -0.15) is 0 Å². The first-order valence-corrected chi connectivity index (χ1v) is 7.48. The van der Waals surface area contributed by atoms with E-state index in [1.807, 2.05) is 0 Å². The molecule has 1 N–H and O–H groups in total. The van der Waals surface area contributed by atoms with Gasteiger partial charge in [0.25, 0.3) is 0 Å². The van der Waals surface area contributed by atoms with E-state index in [2.05, 4.69) is 47.4 Å². The summed E-state index contributed by atoms with van der Waals surface area (Å²) in [5.41, 5.74) is 2.52. The standard InChI is InChI=1S/C16H27N3O/c1-18(2)11-8-17-13-14-6-7-15(16(12-14)20-3)19-9-4-5-10-19/h6-7,12,17H,4-5,8-11,13H2,1-3H3. The average Bonchev–Trinajstić information content (AvgIpc) is 2.97. The normalized spacial score (nSPS) is 15.1. The minimum atomic E-state index is 0.893. The molecule has 0 saturated carbocycles. The average molecular weight is 277 g/mol. The number of anilines is 1. The third kappa shape index (κ3) is 4.12. The largest absolute Gasteiger partial charge is 0.495 e. The molecule has 0 atom stereocenters. The van der Waals surface area contributed by atoms with Gasteiger partial charge in [0.05, 0.1) is 12.8 Å². The summed E-state index contributed by atoms with van der Waals surface area (Å²) in [6.45, 7) is 5.25. The minimum Gasteiger partial charge on any atom is -0.495 e. The molecule has 1 fully saturated rings. The number of nitrogens with one attached hydrogen (secondary N) is 1. The van der Waals surface area contributed by atoms with E-state index in [1.165, 1.54) is 24.1 Å². The second-order valence-corrected chi connectivity index (χ2v) is 5.68. The first kappa shape index (κ1) is 15.1. The van der Waals surface area contributed by atoms with Crippen molar-refractivity contribution in [3.63, 3.8) is 0 Å². The van der Waals surface area contributed by atoms with E-state index >= 15 is 0 Å². The maximum atomic E-state index is 5.57. The molecule has 1 heterocycles. The van der Waals surface area contributed by atoms with Crippen LogP contribution in [0.25, 0.3) is 0 Å². The fourth-order valence-electron chi connectivity index (χ4n) is 2.59. The van der Waals surface area contributed by atoms with E-state index in [4.69, 9.17) is 4.74 Å². The van der Waals surface area contributed by atoms with E-state index in [0.717, 1.165) is 38.5 Å². The van der Waals surface area contributed by atoms with Crippen LogP contribution in [-0.4, -0.2) is 52.3 Å². The second-order valence-electron chi connectivity index (χ2n) is 5.68. The van der Waals surface area contributed by atoms with E-state index in [-0.39, 0.29) is 0 Å². The van der Waals surface area contributed by atoms with Crippen LogP contribution in [-0.2, 0) is 6.54 Å². The Hall–Kier alpha value is -1.26. The highest BCUT2D eigenvalue weighted by atomic mass is 16.5. The molecular weight excluding hydrogens is 250 g/mol. The highest BCUT2D eigenvalue weighted by molar-refractivity contribution is 5.60. The van der Waals surface area contributed by atoms with Crippen molar-refractivity contribution in [1.29, 1.82) is 0 Å². The Morgan fingerprint density at radius 1 is 1.25 bits per heavy atom. The molecule has 4 nitrogen and oxygen atoms in total. The van der Waals surface area contributed by atoms with Gasteiger partial charge >= 0.3 is 0 Å². The summed E-state index contributed by atoms with van der Waals surface area (Å²) in [5.74, 6) is 0.999. The number of hydrogen-bond donors (Lipinski definition) is 1. The number of rotatable bonds is 7. The predicted octanol–water partition coefficient (Wildman–Crippen LogP) is 1.95. The third-order valence-corrected chi connectivity index (χ3v) is 3.76. The van der Waals surface area contributed by atoms with Crippen LogP contribution < -0.4 is 15.0 Å². The summed E-state index contributed by atoms with van der Waals surface area (Å²) in [5, 5.41) is 3.46. The number of methoxy groups -OCH3 is 1. The summed E-state index contributed by atoms with van der Waals surface area (Å²) in [6.07, 6.45) is 2.58. The van der Waals surface area contributed by atoms with E-state index in [0.29, 0.717) is 0 Å². The molecule has 1 saturated heterocycles. The lowest BCUT2D eigenvalue weighted by molar-refractivity contribution is 0.399. The van der Waals surface area contributed by atoms with Crippen LogP contribution in [0.15, 0.2) is 18.2 Å². The van der Waals surface area contributed by atoms with Crippen LogP contribution in [0.4, 0.5) is 5.69 Å². The van der Waals surface area contributed by atoms with Gasteiger partial charge in [-0.25, -0.2) is 0 Å². The van der Waals surface area contributed by atoms with E-state index in [1.54, 1.807) is 7.11 Å². The molecule has 0 amide bonds. The van der Waals surface area contributed by atoms with Crippen molar-refractivity contribution in [1.82, 2.24) is 10.2 Å². The van der Waals surface area contributed by atoms with Crippen molar-refractivity contribution < 1.29 is 4.74 Å². The van der Waals surface area contributed by atoms with Crippen LogP contribution in [0, 0.1) is 0 Å². The molecule has 2 rings (SSSR count). The first-order valence-electron chi connectivity index (χ1n) is 7.48. The van der Waals surface area contributed by atoms with Crippen molar-refractivity contribution >= 4 is 5.69 Å². The molecule has 0 radical (unpaired) electrons. The fourth-order valence-corrected chi connectivity index (χ4v) is 2.59. The van der Waals surface area contributed by atoms with Crippen LogP contribution in [0.5, 0.6) is 5.75 Å². The van der Waals surface area contributed by atoms with Crippen LogP contribution >= 0.6 is 0 Å². The van der Waals surface area contributed by atoms with Gasteiger partial charge in [-0.3, -0.25) is 0 Å². The SMILES string of the molecule is COc1cc(CNCCN(C)C)ccc1N1CCCC1. The Kier molecular flexibility index (Phi) is 5.68. The topological polar surface area (TPSA) is 27.7 Å². The number of nitrogens with zero attached hydrogens (tertiary/aromatic N) is 2. The molecular formula is C16H27N3O. The summed E-state index contributed by atoms with van der Waals surface area (Å²) in [7, 11) is 5.95. The van der Waals surface area contributed by atoms with Crippen molar-refractivity contribution in [3.8, 4) is 5.75 Å². The lowest BCUT2D eigenvalue weighted by Crippen LogP contribution is -2.26. The first-order chi connectivity index (χ1) is 9.70. The molecule has 1 aliphatic rings. The zero-order valence-electron chi connectivity index (χ0n) is 13.0. The highest BCUT2D eigenvalue weighted by Gasteiger charge is 2.16. The van der Waals surface area contributed by atoms with Gasteiger partial charge in [0.2, 0.25) is 0 Å². The van der Waals surface area contributed by atoms with Crippen molar-refractivity contribution in [2.75, 3.05) is 52.3 Å².